The van der Waals surface area contributed by atoms with Gasteiger partial charge in [-0.1, -0.05) is 30.3 Å². The second kappa shape index (κ2) is 9.04. The predicted molar refractivity (Wildman–Crippen MR) is 113 cm³/mol. The topological polar surface area (TPSA) is 102 Å². The number of carbonyl (C=O) groups excluding carboxylic acids is 2. The molecule has 31 heavy (non-hydrogen) atoms. The molecule has 0 aliphatic carbocycles. The van der Waals surface area contributed by atoms with Gasteiger partial charge in [-0.2, -0.15) is 8.42 Å². The monoisotopic (exact) mass is 454 g/mol. The fourth-order valence-electron chi connectivity index (χ4n) is 4.11. The summed E-state index contributed by atoms with van der Waals surface area (Å²) in [4.78, 5) is 28.7. The van der Waals surface area contributed by atoms with E-state index in [0.29, 0.717) is 13.0 Å². The van der Waals surface area contributed by atoms with Crippen molar-refractivity contribution in [2.45, 2.75) is 51.5 Å². The lowest BCUT2D eigenvalue weighted by molar-refractivity contribution is 0.0173. The fourth-order valence-corrected chi connectivity index (χ4v) is 4.53. The van der Waals surface area contributed by atoms with Gasteiger partial charge in [0, 0.05) is 19.0 Å². The normalized spacial score (nSPS) is 23.5. The minimum Gasteiger partial charge on any atom is -0.445 e. The van der Waals surface area contributed by atoms with Crippen molar-refractivity contribution in [3.8, 4) is 0 Å². The lowest BCUT2D eigenvalue weighted by atomic mass is 10.0. The molecule has 1 aromatic rings. The molecule has 3 atom stereocenters. The summed E-state index contributed by atoms with van der Waals surface area (Å²) in [5, 5.41) is 0. The molecule has 2 aliphatic rings. The van der Waals surface area contributed by atoms with E-state index in [-0.39, 0.29) is 31.7 Å². The predicted octanol–water partition coefficient (Wildman–Crippen LogP) is 2.61. The average molecular weight is 455 g/mol. The molecule has 10 heteroatoms. The molecule has 3 rings (SSSR count). The van der Waals surface area contributed by atoms with E-state index < -0.39 is 33.9 Å². The summed E-state index contributed by atoms with van der Waals surface area (Å²) in [5.74, 6) is -0.376. The standard InChI is InChI=1S/C21H30N2O7S/c1-21(2,3)30-20(25)22-11-10-17-18(22)16(14-29-31(4,26)27)12-23(17)19(24)28-13-15-8-6-5-7-9-15/h5-9,16-18H,10-14H2,1-4H3/t16-,17-,18-/m1/s1. The smallest absolute Gasteiger partial charge is 0.410 e. The summed E-state index contributed by atoms with van der Waals surface area (Å²) in [7, 11) is -3.66. The van der Waals surface area contributed by atoms with Gasteiger partial charge in [0.25, 0.3) is 10.1 Å². The summed E-state index contributed by atoms with van der Waals surface area (Å²) in [6.07, 6.45) is 0.557. The number of benzene rings is 1. The Kier molecular flexibility index (Phi) is 6.80. The minimum atomic E-state index is -3.66. The van der Waals surface area contributed by atoms with Crippen molar-refractivity contribution in [3.63, 3.8) is 0 Å². The Bertz CT molecular complexity index is 898. The van der Waals surface area contributed by atoms with E-state index >= 15 is 0 Å². The molecular weight excluding hydrogens is 424 g/mol. The van der Waals surface area contributed by atoms with Crippen molar-refractivity contribution in [2.75, 3.05) is 26.0 Å². The van der Waals surface area contributed by atoms with Crippen LogP contribution in [0, 0.1) is 5.92 Å². The number of ether oxygens (including phenoxy) is 2. The first-order valence-electron chi connectivity index (χ1n) is 10.3. The zero-order chi connectivity index (χ0) is 22.8. The first kappa shape index (κ1) is 23.3. The Balaban J connectivity index is 1.74. The van der Waals surface area contributed by atoms with Gasteiger partial charge in [0.1, 0.15) is 12.2 Å². The number of amides is 2. The minimum absolute atomic E-state index is 0.123. The van der Waals surface area contributed by atoms with Gasteiger partial charge in [0.2, 0.25) is 0 Å². The van der Waals surface area contributed by atoms with Gasteiger partial charge in [-0.25, -0.2) is 9.59 Å². The van der Waals surface area contributed by atoms with Gasteiger partial charge < -0.3 is 19.3 Å². The molecule has 0 spiro atoms. The van der Waals surface area contributed by atoms with Crippen LogP contribution in [0.25, 0.3) is 0 Å². The van der Waals surface area contributed by atoms with Crippen LogP contribution in [0.4, 0.5) is 9.59 Å². The molecule has 2 fully saturated rings. The maximum atomic E-state index is 12.8. The molecule has 0 bridgehead atoms. The van der Waals surface area contributed by atoms with Crippen LogP contribution in [-0.4, -0.2) is 74.0 Å². The molecule has 2 heterocycles. The van der Waals surface area contributed by atoms with Crippen LogP contribution >= 0.6 is 0 Å². The lowest BCUT2D eigenvalue weighted by Gasteiger charge is -2.30. The number of carbonyl (C=O) groups is 2. The molecule has 0 N–H and O–H groups in total. The maximum Gasteiger partial charge on any atom is 0.410 e. The average Bonchev–Trinajstić information content (AvgIpc) is 3.24. The first-order chi connectivity index (χ1) is 14.4. The molecule has 9 nitrogen and oxygen atoms in total. The number of rotatable bonds is 5. The van der Waals surface area contributed by atoms with Crippen molar-refractivity contribution in [3.05, 3.63) is 35.9 Å². The highest BCUT2D eigenvalue weighted by molar-refractivity contribution is 7.85. The third kappa shape index (κ3) is 6.10. The van der Waals surface area contributed by atoms with E-state index in [2.05, 4.69) is 0 Å². The van der Waals surface area contributed by atoms with Crippen molar-refractivity contribution in [1.82, 2.24) is 9.80 Å². The van der Waals surface area contributed by atoms with E-state index in [1.54, 1.807) is 30.6 Å². The Morgan fingerprint density at radius 3 is 2.39 bits per heavy atom. The largest absolute Gasteiger partial charge is 0.445 e. The first-order valence-corrected chi connectivity index (χ1v) is 12.1. The Morgan fingerprint density at radius 2 is 1.77 bits per heavy atom. The van der Waals surface area contributed by atoms with Crippen molar-refractivity contribution >= 4 is 22.3 Å². The van der Waals surface area contributed by atoms with Gasteiger partial charge in [0.05, 0.1) is 24.9 Å². The van der Waals surface area contributed by atoms with Crippen LogP contribution in [0.3, 0.4) is 0 Å². The summed E-state index contributed by atoms with van der Waals surface area (Å²) >= 11 is 0. The van der Waals surface area contributed by atoms with E-state index in [0.717, 1.165) is 11.8 Å². The number of hydrogen-bond acceptors (Lipinski definition) is 7. The molecular formula is C21H30N2O7S. The van der Waals surface area contributed by atoms with Crippen LogP contribution in [-0.2, 0) is 30.4 Å². The van der Waals surface area contributed by atoms with E-state index in [1.807, 2.05) is 30.3 Å². The summed E-state index contributed by atoms with van der Waals surface area (Å²) in [6.45, 7) is 6.00. The summed E-state index contributed by atoms with van der Waals surface area (Å²) < 4.78 is 39.1. The summed E-state index contributed by atoms with van der Waals surface area (Å²) in [6, 6.07) is 8.65. The molecule has 2 amide bonds. The van der Waals surface area contributed by atoms with E-state index in [9.17, 15) is 18.0 Å². The van der Waals surface area contributed by atoms with Gasteiger partial charge in [-0.3, -0.25) is 4.18 Å². The fraction of sp³-hybridized carbons (Fsp3) is 0.619. The maximum absolute atomic E-state index is 12.8. The molecule has 2 saturated heterocycles. The molecule has 0 saturated carbocycles. The zero-order valence-electron chi connectivity index (χ0n) is 18.3. The third-order valence-electron chi connectivity index (χ3n) is 5.30. The van der Waals surface area contributed by atoms with Gasteiger partial charge >= 0.3 is 12.2 Å². The van der Waals surface area contributed by atoms with Crippen LogP contribution in [0.5, 0.6) is 0 Å². The van der Waals surface area contributed by atoms with Gasteiger partial charge in [0.15, 0.2) is 0 Å². The lowest BCUT2D eigenvalue weighted by Crippen LogP contribution is -2.46. The highest BCUT2D eigenvalue weighted by atomic mass is 32.2. The number of hydrogen-bond donors (Lipinski definition) is 0. The Hall–Kier alpha value is -2.33. The van der Waals surface area contributed by atoms with Gasteiger partial charge in [-0.05, 0) is 32.8 Å². The SMILES string of the molecule is CC(C)(C)OC(=O)N1CC[C@@H]2[C@H]1[C@@H](COS(C)(=O)=O)CN2C(=O)OCc1ccccc1. The van der Waals surface area contributed by atoms with E-state index in [4.69, 9.17) is 13.7 Å². The molecule has 172 valence electrons. The second-order valence-electron chi connectivity index (χ2n) is 8.96. The highest BCUT2D eigenvalue weighted by Crippen LogP contribution is 2.37. The van der Waals surface area contributed by atoms with Crippen molar-refractivity contribution < 1.29 is 31.7 Å². The summed E-state index contributed by atoms with van der Waals surface area (Å²) in [5.41, 5.74) is 0.200. The quantitative estimate of drug-likeness (QED) is 0.630. The molecule has 0 radical (unpaired) electrons. The van der Waals surface area contributed by atoms with Crippen molar-refractivity contribution in [2.24, 2.45) is 5.92 Å². The molecule has 2 aliphatic heterocycles. The zero-order valence-corrected chi connectivity index (χ0v) is 19.1. The molecule has 1 aromatic carbocycles. The second-order valence-corrected chi connectivity index (χ2v) is 10.6. The molecule has 0 unspecified atom stereocenters. The van der Waals surface area contributed by atoms with Crippen LogP contribution in [0.15, 0.2) is 30.3 Å². The number of fused-ring (bicyclic) bond motifs is 1. The van der Waals surface area contributed by atoms with E-state index in [1.165, 1.54) is 0 Å². The third-order valence-corrected chi connectivity index (χ3v) is 5.86. The number of nitrogens with zero attached hydrogens (tertiary/aromatic N) is 2. The molecule has 0 aromatic heterocycles. The van der Waals surface area contributed by atoms with Gasteiger partial charge in [-0.15, -0.1) is 0 Å². The van der Waals surface area contributed by atoms with Crippen LogP contribution < -0.4 is 0 Å². The Labute approximate surface area is 183 Å². The highest BCUT2D eigenvalue weighted by Gasteiger charge is 2.53. The van der Waals surface area contributed by atoms with Crippen LogP contribution in [0.2, 0.25) is 0 Å². The van der Waals surface area contributed by atoms with Crippen molar-refractivity contribution in [1.29, 1.82) is 0 Å². The Morgan fingerprint density at radius 1 is 1.10 bits per heavy atom. The number of likely N-dealkylation sites (tertiary alicyclic amines) is 2. The van der Waals surface area contributed by atoms with Crippen LogP contribution in [0.1, 0.15) is 32.8 Å².